The summed E-state index contributed by atoms with van der Waals surface area (Å²) in [4.78, 5) is 14.5. The van der Waals surface area contributed by atoms with Crippen molar-refractivity contribution in [2.45, 2.75) is 19.8 Å². The Kier molecular flexibility index (Phi) is 4.47. The van der Waals surface area contributed by atoms with Gasteiger partial charge >= 0.3 is 0 Å². The van der Waals surface area contributed by atoms with Crippen molar-refractivity contribution in [2.24, 2.45) is 13.0 Å². The number of hydrogen-bond donors (Lipinski definition) is 1. The fourth-order valence-corrected chi connectivity index (χ4v) is 3.02. The van der Waals surface area contributed by atoms with E-state index in [1.54, 1.807) is 16.9 Å². The number of hydrogen-bond acceptors (Lipinski definition) is 5. The van der Waals surface area contributed by atoms with Crippen molar-refractivity contribution < 1.29 is 9.32 Å². The van der Waals surface area contributed by atoms with Crippen LogP contribution in [-0.4, -0.2) is 52.4 Å². The van der Waals surface area contributed by atoms with Gasteiger partial charge in [0.2, 0.25) is 0 Å². The zero-order valence-corrected chi connectivity index (χ0v) is 13.9. The predicted molar refractivity (Wildman–Crippen MR) is 86.0 cm³/mol. The van der Waals surface area contributed by atoms with Gasteiger partial charge < -0.3 is 14.7 Å². The third-order valence-electron chi connectivity index (χ3n) is 4.52. The summed E-state index contributed by atoms with van der Waals surface area (Å²) in [5.74, 6) is 0.887. The summed E-state index contributed by atoms with van der Waals surface area (Å²) in [5.41, 5.74) is 2.14. The first-order valence-corrected chi connectivity index (χ1v) is 7.97. The molecule has 1 aliphatic heterocycles. The first kappa shape index (κ1) is 15.7. The van der Waals surface area contributed by atoms with E-state index in [2.05, 4.69) is 27.5 Å². The minimum atomic E-state index is -0.185. The molecule has 0 aliphatic carbocycles. The smallest absolute Gasteiger partial charge is 0.273 e. The third-order valence-corrected chi connectivity index (χ3v) is 4.52. The van der Waals surface area contributed by atoms with Crippen LogP contribution in [0.3, 0.4) is 0 Å². The number of carbonyl (C=O) groups excluding carboxylic acids is 1. The molecule has 0 bridgehead atoms. The molecule has 1 saturated heterocycles. The molecule has 1 atom stereocenters. The van der Waals surface area contributed by atoms with Gasteiger partial charge in [0.15, 0.2) is 11.5 Å². The van der Waals surface area contributed by atoms with E-state index in [-0.39, 0.29) is 5.91 Å². The molecule has 124 valence electrons. The molecular formula is C16H23N5O2. The topological polar surface area (TPSA) is 76.2 Å². The molecule has 7 nitrogen and oxygen atoms in total. The Morgan fingerprint density at radius 1 is 1.48 bits per heavy atom. The number of rotatable bonds is 4. The minimum Gasteiger partial charge on any atom is -0.355 e. The van der Waals surface area contributed by atoms with Gasteiger partial charge in [-0.25, -0.2) is 0 Å². The van der Waals surface area contributed by atoms with Crippen LogP contribution in [-0.2, 0) is 7.05 Å². The van der Waals surface area contributed by atoms with Gasteiger partial charge in [-0.1, -0.05) is 5.16 Å². The van der Waals surface area contributed by atoms with Gasteiger partial charge in [-0.15, -0.1) is 0 Å². The molecular weight excluding hydrogens is 294 g/mol. The van der Waals surface area contributed by atoms with E-state index in [9.17, 15) is 4.79 Å². The number of amides is 1. The largest absolute Gasteiger partial charge is 0.355 e. The quantitative estimate of drug-likeness (QED) is 0.924. The molecule has 1 N–H and O–H groups in total. The molecule has 0 aromatic carbocycles. The molecule has 1 amide bonds. The van der Waals surface area contributed by atoms with E-state index in [0.29, 0.717) is 23.9 Å². The number of piperidine rings is 1. The lowest BCUT2D eigenvalue weighted by atomic mass is 9.98. The Labute approximate surface area is 135 Å². The van der Waals surface area contributed by atoms with Crippen LogP contribution in [0.25, 0.3) is 11.3 Å². The maximum Gasteiger partial charge on any atom is 0.273 e. The summed E-state index contributed by atoms with van der Waals surface area (Å²) in [6.45, 7) is 4.79. The second-order valence-corrected chi connectivity index (χ2v) is 6.32. The second kappa shape index (κ2) is 6.54. The van der Waals surface area contributed by atoms with Gasteiger partial charge in [0.25, 0.3) is 5.91 Å². The first-order valence-electron chi connectivity index (χ1n) is 7.97. The summed E-state index contributed by atoms with van der Waals surface area (Å²) in [6, 6.07) is 1.67. The van der Waals surface area contributed by atoms with E-state index in [0.717, 1.165) is 30.8 Å². The van der Waals surface area contributed by atoms with Crippen LogP contribution in [0.1, 0.15) is 29.0 Å². The normalized spacial score (nSPS) is 19.0. The van der Waals surface area contributed by atoms with Crippen LogP contribution in [0, 0.1) is 12.8 Å². The van der Waals surface area contributed by atoms with Crippen molar-refractivity contribution in [2.75, 3.05) is 26.7 Å². The van der Waals surface area contributed by atoms with Crippen LogP contribution in [0.4, 0.5) is 0 Å². The van der Waals surface area contributed by atoms with Crippen LogP contribution >= 0.6 is 0 Å². The molecule has 0 saturated carbocycles. The highest BCUT2D eigenvalue weighted by molar-refractivity contribution is 5.93. The first-order chi connectivity index (χ1) is 11.0. The van der Waals surface area contributed by atoms with Gasteiger partial charge in [-0.05, 0) is 39.3 Å². The lowest BCUT2D eigenvalue weighted by Crippen LogP contribution is -2.39. The van der Waals surface area contributed by atoms with Gasteiger partial charge in [0.1, 0.15) is 0 Å². The van der Waals surface area contributed by atoms with Crippen molar-refractivity contribution in [3.8, 4) is 11.3 Å². The average molecular weight is 317 g/mol. The van der Waals surface area contributed by atoms with Gasteiger partial charge in [-0.3, -0.25) is 9.48 Å². The maximum absolute atomic E-state index is 12.2. The average Bonchev–Trinajstić information content (AvgIpc) is 3.13. The third kappa shape index (κ3) is 3.44. The van der Waals surface area contributed by atoms with E-state index >= 15 is 0 Å². The zero-order chi connectivity index (χ0) is 16.4. The molecule has 0 spiro atoms. The Bertz CT molecular complexity index is 690. The van der Waals surface area contributed by atoms with E-state index in [1.807, 2.05) is 14.0 Å². The summed E-state index contributed by atoms with van der Waals surface area (Å²) < 4.78 is 7.06. The molecule has 2 aromatic rings. The van der Waals surface area contributed by atoms with Gasteiger partial charge in [0.05, 0.1) is 11.8 Å². The highest BCUT2D eigenvalue weighted by Gasteiger charge is 2.20. The Morgan fingerprint density at radius 2 is 2.30 bits per heavy atom. The molecule has 2 aromatic heterocycles. The number of aryl methyl sites for hydroxylation is 1. The maximum atomic E-state index is 12.2. The molecule has 0 unspecified atom stereocenters. The Morgan fingerprint density at radius 3 is 3.00 bits per heavy atom. The zero-order valence-electron chi connectivity index (χ0n) is 13.9. The van der Waals surface area contributed by atoms with Crippen LogP contribution in [0.2, 0.25) is 0 Å². The molecule has 3 heterocycles. The van der Waals surface area contributed by atoms with Gasteiger partial charge in [0, 0.05) is 31.9 Å². The number of likely N-dealkylation sites (tertiary alicyclic amines) is 1. The molecule has 0 radical (unpaired) electrons. The van der Waals surface area contributed by atoms with Crippen LogP contribution in [0.15, 0.2) is 16.8 Å². The van der Waals surface area contributed by atoms with Gasteiger partial charge in [-0.2, -0.15) is 5.10 Å². The van der Waals surface area contributed by atoms with Crippen molar-refractivity contribution in [3.05, 3.63) is 23.7 Å². The lowest BCUT2D eigenvalue weighted by Gasteiger charge is -2.29. The van der Waals surface area contributed by atoms with Crippen LogP contribution in [0.5, 0.6) is 0 Å². The monoisotopic (exact) mass is 317 g/mol. The van der Waals surface area contributed by atoms with E-state index in [4.69, 9.17) is 4.52 Å². The number of nitrogens with one attached hydrogen (secondary N) is 1. The van der Waals surface area contributed by atoms with Crippen molar-refractivity contribution >= 4 is 5.91 Å². The van der Waals surface area contributed by atoms with Crippen LogP contribution < -0.4 is 5.32 Å². The molecule has 23 heavy (non-hydrogen) atoms. The summed E-state index contributed by atoms with van der Waals surface area (Å²) in [7, 11) is 3.98. The molecule has 3 rings (SSSR count). The minimum absolute atomic E-state index is 0.185. The highest BCUT2D eigenvalue weighted by atomic mass is 16.5. The van der Waals surface area contributed by atoms with Crippen molar-refractivity contribution in [1.82, 2.24) is 25.2 Å². The standard InChI is InChI=1S/C16H23N5O2/c1-11-13(9-18-21(11)3)15-7-14(19-23-15)16(22)17-8-12-5-4-6-20(2)10-12/h7,9,12H,4-6,8,10H2,1-3H3,(H,17,22)/t12-/m1/s1. The Balaban J connectivity index is 1.61. The fraction of sp³-hybridized carbons (Fsp3) is 0.562. The fourth-order valence-electron chi connectivity index (χ4n) is 3.02. The van der Waals surface area contributed by atoms with E-state index in [1.165, 1.54) is 6.42 Å². The SMILES string of the molecule is Cc1c(-c2cc(C(=O)NC[C@H]3CCCN(C)C3)no2)cnn1C. The van der Waals surface area contributed by atoms with Crippen molar-refractivity contribution in [1.29, 1.82) is 0 Å². The summed E-state index contributed by atoms with van der Waals surface area (Å²) in [6.07, 6.45) is 4.06. The highest BCUT2D eigenvalue weighted by Crippen LogP contribution is 2.23. The summed E-state index contributed by atoms with van der Waals surface area (Å²) >= 11 is 0. The van der Waals surface area contributed by atoms with Crippen molar-refractivity contribution in [3.63, 3.8) is 0 Å². The Hall–Kier alpha value is -2.15. The predicted octanol–water partition coefficient (Wildman–Crippen LogP) is 1.46. The molecule has 7 heteroatoms. The van der Waals surface area contributed by atoms with E-state index < -0.39 is 0 Å². The summed E-state index contributed by atoms with van der Waals surface area (Å²) in [5, 5.41) is 11.0. The number of nitrogens with zero attached hydrogens (tertiary/aromatic N) is 4. The lowest BCUT2D eigenvalue weighted by molar-refractivity contribution is 0.0928. The molecule has 1 fully saturated rings. The molecule has 1 aliphatic rings. The second-order valence-electron chi connectivity index (χ2n) is 6.32. The number of carbonyl (C=O) groups is 1. The number of aromatic nitrogens is 3.